The van der Waals surface area contributed by atoms with Gasteiger partial charge in [0.2, 0.25) is 0 Å². The summed E-state index contributed by atoms with van der Waals surface area (Å²) < 4.78 is 12.0. The summed E-state index contributed by atoms with van der Waals surface area (Å²) in [5.41, 5.74) is -0.547. The lowest BCUT2D eigenvalue weighted by Crippen LogP contribution is -2.52. The summed E-state index contributed by atoms with van der Waals surface area (Å²) >= 11 is 0. The molecule has 2 N–H and O–H groups in total. The first-order chi connectivity index (χ1) is 14.6. The van der Waals surface area contributed by atoms with Crippen molar-refractivity contribution in [3.63, 3.8) is 0 Å². The average molecular weight is 400 g/mol. The molecule has 0 bridgehead atoms. The minimum atomic E-state index is -1.76. The first kappa shape index (κ1) is 18.6. The number of aliphatic hydroxyl groups is 2. The Morgan fingerprint density at radius 1 is 1.13 bits per heavy atom. The van der Waals surface area contributed by atoms with E-state index in [1.807, 2.05) is 30.3 Å². The molecule has 0 spiro atoms. The molecule has 1 fully saturated rings. The Balaban J connectivity index is 1.81. The standard InChI is InChI=1S/C24H20N2O4/c1-29-19-13-26-14-20-22(19)23(28)21(27)11-18(16-5-3-2-4-6-16)24(23,30-20)17-9-7-15(12-25)8-10-17/h2-10,13-14,18,21,27-28H,11H2,1H3/t18?,21-,23?,24?/m1/s1. The van der Waals surface area contributed by atoms with Crippen molar-refractivity contribution in [1.29, 1.82) is 5.26 Å². The number of rotatable bonds is 3. The van der Waals surface area contributed by atoms with Crippen LogP contribution in [0.25, 0.3) is 0 Å². The van der Waals surface area contributed by atoms with Gasteiger partial charge in [-0.2, -0.15) is 5.26 Å². The van der Waals surface area contributed by atoms with Gasteiger partial charge in [-0.25, -0.2) is 0 Å². The summed E-state index contributed by atoms with van der Waals surface area (Å²) in [4.78, 5) is 4.17. The number of pyridine rings is 1. The number of nitrogens with zero attached hydrogens (tertiary/aromatic N) is 2. The normalized spacial score (nSPS) is 28.9. The number of hydrogen-bond donors (Lipinski definition) is 2. The van der Waals surface area contributed by atoms with E-state index in [9.17, 15) is 15.5 Å². The van der Waals surface area contributed by atoms with Gasteiger partial charge in [-0.1, -0.05) is 42.5 Å². The second kappa shape index (κ2) is 6.56. The maximum atomic E-state index is 12.2. The SMILES string of the molecule is COc1cncc2c1C1(O)[C@H](O)CC(c3ccccc3)C1(c1ccc(C#N)cc1)O2. The Labute approximate surface area is 174 Å². The maximum absolute atomic E-state index is 12.2. The van der Waals surface area contributed by atoms with Crippen LogP contribution in [0.5, 0.6) is 11.5 Å². The summed E-state index contributed by atoms with van der Waals surface area (Å²) in [6.45, 7) is 0. The van der Waals surface area contributed by atoms with Crippen molar-refractivity contribution in [3.8, 4) is 17.6 Å². The van der Waals surface area contributed by atoms with Crippen molar-refractivity contribution in [1.82, 2.24) is 4.98 Å². The van der Waals surface area contributed by atoms with Gasteiger partial charge in [0.15, 0.2) is 11.2 Å². The molecule has 150 valence electrons. The van der Waals surface area contributed by atoms with Crippen LogP contribution >= 0.6 is 0 Å². The minimum absolute atomic E-state index is 0.297. The predicted octanol–water partition coefficient (Wildman–Crippen LogP) is 2.99. The molecule has 2 heterocycles. The molecule has 4 atom stereocenters. The van der Waals surface area contributed by atoms with Crippen molar-refractivity contribution in [2.45, 2.75) is 29.6 Å². The number of fused-ring (bicyclic) bond motifs is 3. The second-order valence-corrected chi connectivity index (χ2v) is 7.72. The van der Waals surface area contributed by atoms with E-state index in [2.05, 4.69) is 11.1 Å². The largest absolute Gasteiger partial charge is 0.495 e. The lowest BCUT2D eigenvalue weighted by Gasteiger charge is -2.40. The molecule has 30 heavy (non-hydrogen) atoms. The average Bonchev–Trinajstić information content (AvgIpc) is 3.20. The fourth-order valence-corrected chi connectivity index (χ4v) is 5.11. The molecule has 1 saturated carbocycles. The Kier molecular flexibility index (Phi) is 4.07. The number of benzene rings is 2. The van der Waals surface area contributed by atoms with Crippen molar-refractivity contribution in [2.24, 2.45) is 0 Å². The molecule has 0 amide bonds. The van der Waals surface area contributed by atoms with Crippen LogP contribution in [0.15, 0.2) is 67.0 Å². The molecule has 2 aromatic carbocycles. The zero-order valence-corrected chi connectivity index (χ0v) is 16.3. The number of nitriles is 1. The molecule has 3 aromatic rings. The van der Waals surface area contributed by atoms with E-state index in [0.29, 0.717) is 34.6 Å². The molecule has 1 aliphatic carbocycles. The van der Waals surface area contributed by atoms with Gasteiger partial charge in [0, 0.05) is 5.92 Å². The number of methoxy groups -OCH3 is 1. The monoisotopic (exact) mass is 400 g/mol. The quantitative estimate of drug-likeness (QED) is 0.702. The van der Waals surface area contributed by atoms with Crippen molar-refractivity contribution in [3.05, 3.63) is 89.2 Å². The molecule has 5 rings (SSSR count). The van der Waals surface area contributed by atoms with Gasteiger partial charge in [0.1, 0.15) is 11.5 Å². The van der Waals surface area contributed by atoms with Crippen LogP contribution in [0.4, 0.5) is 0 Å². The van der Waals surface area contributed by atoms with Gasteiger partial charge < -0.3 is 19.7 Å². The van der Waals surface area contributed by atoms with Gasteiger partial charge in [0.25, 0.3) is 0 Å². The Morgan fingerprint density at radius 3 is 2.53 bits per heavy atom. The molecule has 0 radical (unpaired) electrons. The van der Waals surface area contributed by atoms with Crippen LogP contribution in [0.1, 0.15) is 34.6 Å². The molecule has 6 nitrogen and oxygen atoms in total. The van der Waals surface area contributed by atoms with E-state index in [0.717, 1.165) is 5.56 Å². The van der Waals surface area contributed by atoms with E-state index in [1.54, 1.807) is 24.3 Å². The van der Waals surface area contributed by atoms with Gasteiger partial charge in [0.05, 0.1) is 42.8 Å². The smallest absolute Gasteiger partial charge is 0.176 e. The van der Waals surface area contributed by atoms with E-state index in [1.165, 1.54) is 19.5 Å². The highest BCUT2D eigenvalue weighted by atomic mass is 16.5. The van der Waals surface area contributed by atoms with Crippen molar-refractivity contribution < 1.29 is 19.7 Å². The molecule has 3 unspecified atom stereocenters. The number of hydrogen-bond acceptors (Lipinski definition) is 6. The van der Waals surface area contributed by atoms with Crippen LogP contribution < -0.4 is 9.47 Å². The van der Waals surface area contributed by atoms with Gasteiger partial charge in [-0.15, -0.1) is 0 Å². The van der Waals surface area contributed by atoms with Crippen LogP contribution in [-0.2, 0) is 11.2 Å². The highest BCUT2D eigenvalue weighted by Gasteiger charge is 2.73. The van der Waals surface area contributed by atoms with Crippen molar-refractivity contribution in [2.75, 3.05) is 7.11 Å². The Hall–Kier alpha value is -3.40. The predicted molar refractivity (Wildman–Crippen MR) is 108 cm³/mol. The highest BCUT2D eigenvalue weighted by Crippen LogP contribution is 2.67. The molecular weight excluding hydrogens is 380 g/mol. The molecule has 1 aromatic heterocycles. The third-order valence-electron chi connectivity index (χ3n) is 6.39. The topological polar surface area (TPSA) is 95.6 Å². The molecule has 1 aliphatic heterocycles. The molecular formula is C24H20N2O4. The fraction of sp³-hybridized carbons (Fsp3) is 0.250. The maximum Gasteiger partial charge on any atom is 0.176 e. The Morgan fingerprint density at radius 2 is 1.87 bits per heavy atom. The summed E-state index contributed by atoms with van der Waals surface area (Å²) in [5, 5.41) is 32.6. The summed E-state index contributed by atoms with van der Waals surface area (Å²) in [7, 11) is 1.50. The highest BCUT2D eigenvalue weighted by molar-refractivity contribution is 5.58. The van der Waals surface area contributed by atoms with Gasteiger partial charge in [-0.05, 0) is 29.7 Å². The van der Waals surface area contributed by atoms with Gasteiger partial charge >= 0.3 is 0 Å². The van der Waals surface area contributed by atoms with Crippen molar-refractivity contribution >= 4 is 0 Å². The number of aromatic nitrogens is 1. The lowest BCUT2D eigenvalue weighted by atomic mass is 9.71. The summed E-state index contributed by atoms with van der Waals surface area (Å²) in [6.07, 6.45) is 2.24. The molecule has 6 heteroatoms. The second-order valence-electron chi connectivity index (χ2n) is 7.72. The number of ether oxygens (including phenoxy) is 2. The van der Waals surface area contributed by atoms with Crippen LogP contribution in [0, 0.1) is 11.3 Å². The Bertz CT molecular complexity index is 1140. The zero-order valence-electron chi connectivity index (χ0n) is 16.3. The van der Waals surface area contributed by atoms with E-state index >= 15 is 0 Å². The lowest BCUT2D eigenvalue weighted by molar-refractivity contribution is -0.150. The van der Waals surface area contributed by atoms with Crippen LogP contribution in [0.3, 0.4) is 0 Å². The third-order valence-corrected chi connectivity index (χ3v) is 6.39. The fourth-order valence-electron chi connectivity index (χ4n) is 5.11. The first-order valence-electron chi connectivity index (χ1n) is 9.73. The number of aliphatic hydroxyl groups excluding tert-OH is 1. The third kappa shape index (κ3) is 2.22. The van der Waals surface area contributed by atoms with Crippen LogP contribution in [0.2, 0.25) is 0 Å². The van der Waals surface area contributed by atoms with E-state index in [-0.39, 0.29) is 5.92 Å². The summed E-state index contributed by atoms with van der Waals surface area (Å²) in [5.74, 6) is 0.392. The molecule has 0 saturated heterocycles. The molecule has 2 aliphatic rings. The van der Waals surface area contributed by atoms with E-state index in [4.69, 9.17) is 9.47 Å². The summed E-state index contributed by atoms with van der Waals surface area (Å²) in [6, 6.07) is 18.8. The minimum Gasteiger partial charge on any atom is -0.495 e. The van der Waals surface area contributed by atoms with E-state index < -0.39 is 17.3 Å². The van der Waals surface area contributed by atoms with Gasteiger partial charge in [-0.3, -0.25) is 4.98 Å². The zero-order chi connectivity index (χ0) is 20.9. The van der Waals surface area contributed by atoms with Crippen LogP contribution in [-0.4, -0.2) is 28.4 Å². The first-order valence-corrected chi connectivity index (χ1v) is 9.73.